The Labute approximate surface area is 204 Å². The third-order valence-corrected chi connectivity index (χ3v) is 6.43. The number of aryl methyl sites for hydroxylation is 2. The number of hydrogen-bond acceptors (Lipinski definition) is 5. The Kier molecular flexibility index (Phi) is 8.40. The standard InChI is InChI=1S/C26H33BrN4O2/c1-7-8-17(4)10-12-33-22-13-19(6)31(26(32)23(22)27)20-9-11-28-21(14-20)24-18(5)15-29-25(30-24)16(2)3/h9,11,13-17H,7-8,10,12H2,1-6H3. The number of rotatable bonds is 9. The Morgan fingerprint density at radius 2 is 1.88 bits per heavy atom. The first-order chi connectivity index (χ1) is 15.7. The van der Waals surface area contributed by atoms with Gasteiger partial charge in [0.15, 0.2) is 0 Å². The first-order valence-electron chi connectivity index (χ1n) is 11.6. The van der Waals surface area contributed by atoms with Gasteiger partial charge in [-0.2, -0.15) is 0 Å². The normalized spacial score (nSPS) is 12.2. The van der Waals surface area contributed by atoms with Crippen molar-refractivity contribution in [3.8, 4) is 22.8 Å². The van der Waals surface area contributed by atoms with Crippen LogP contribution in [0.5, 0.6) is 5.75 Å². The lowest BCUT2D eigenvalue weighted by atomic mass is 10.0. The summed E-state index contributed by atoms with van der Waals surface area (Å²) in [4.78, 5) is 26.9. The highest BCUT2D eigenvalue weighted by Gasteiger charge is 2.16. The smallest absolute Gasteiger partial charge is 0.273 e. The maximum absolute atomic E-state index is 13.3. The minimum atomic E-state index is -0.161. The van der Waals surface area contributed by atoms with Crippen molar-refractivity contribution in [2.24, 2.45) is 5.92 Å². The number of aromatic nitrogens is 4. The molecule has 1 unspecified atom stereocenters. The molecule has 0 aliphatic heterocycles. The summed E-state index contributed by atoms with van der Waals surface area (Å²) in [5.74, 6) is 2.17. The van der Waals surface area contributed by atoms with Crippen LogP contribution in [0.25, 0.3) is 17.1 Å². The highest BCUT2D eigenvalue weighted by molar-refractivity contribution is 9.10. The van der Waals surface area contributed by atoms with E-state index in [9.17, 15) is 4.79 Å². The number of hydrogen-bond donors (Lipinski definition) is 0. The minimum Gasteiger partial charge on any atom is -0.492 e. The predicted molar refractivity (Wildman–Crippen MR) is 136 cm³/mol. The second kappa shape index (κ2) is 11.1. The summed E-state index contributed by atoms with van der Waals surface area (Å²) >= 11 is 3.47. The molecule has 176 valence electrons. The molecule has 7 heteroatoms. The predicted octanol–water partition coefficient (Wildman–Crippen LogP) is 6.40. The van der Waals surface area contributed by atoms with Crippen molar-refractivity contribution in [1.82, 2.24) is 19.5 Å². The maximum atomic E-state index is 13.3. The zero-order valence-electron chi connectivity index (χ0n) is 20.4. The van der Waals surface area contributed by atoms with Crippen molar-refractivity contribution in [3.05, 3.63) is 62.5 Å². The van der Waals surface area contributed by atoms with E-state index < -0.39 is 0 Å². The second-order valence-corrected chi connectivity index (χ2v) is 9.74. The van der Waals surface area contributed by atoms with Crippen molar-refractivity contribution < 1.29 is 4.74 Å². The van der Waals surface area contributed by atoms with Gasteiger partial charge in [-0.15, -0.1) is 0 Å². The summed E-state index contributed by atoms with van der Waals surface area (Å²) < 4.78 is 8.06. The Hall–Kier alpha value is -2.54. The van der Waals surface area contributed by atoms with E-state index >= 15 is 0 Å². The molecule has 0 saturated carbocycles. The van der Waals surface area contributed by atoms with E-state index in [1.807, 2.05) is 38.2 Å². The van der Waals surface area contributed by atoms with Crippen molar-refractivity contribution in [2.45, 2.75) is 66.7 Å². The van der Waals surface area contributed by atoms with E-state index in [2.05, 4.69) is 53.6 Å². The fourth-order valence-corrected chi connectivity index (χ4v) is 4.20. The Bertz CT molecular complexity index is 1170. The molecule has 0 spiro atoms. The highest BCUT2D eigenvalue weighted by atomic mass is 79.9. The molecule has 0 aliphatic carbocycles. The van der Waals surface area contributed by atoms with E-state index in [-0.39, 0.29) is 11.5 Å². The Morgan fingerprint density at radius 3 is 2.58 bits per heavy atom. The monoisotopic (exact) mass is 512 g/mol. The molecule has 0 aromatic carbocycles. The first-order valence-corrected chi connectivity index (χ1v) is 12.4. The molecule has 33 heavy (non-hydrogen) atoms. The van der Waals surface area contributed by atoms with Gasteiger partial charge in [0.1, 0.15) is 16.0 Å². The molecule has 0 bridgehead atoms. The molecule has 0 radical (unpaired) electrons. The fourth-order valence-electron chi connectivity index (χ4n) is 3.80. The molecule has 0 aliphatic rings. The number of pyridine rings is 2. The van der Waals surface area contributed by atoms with Gasteiger partial charge >= 0.3 is 0 Å². The zero-order chi connectivity index (χ0) is 24.1. The summed E-state index contributed by atoms with van der Waals surface area (Å²) in [6, 6.07) is 5.63. The van der Waals surface area contributed by atoms with Crippen LogP contribution < -0.4 is 10.3 Å². The average molecular weight is 513 g/mol. The van der Waals surface area contributed by atoms with Gasteiger partial charge in [-0.25, -0.2) is 9.97 Å². The van der Waals surface area contributed by atoms with Crippen LogP contribution in [0.15, 0.2) is 39.9 Å². The lowest BCUT2D eigenvalue weighted by Crippen LogP contribution is -2.22. The fraction of sp³-hybridized carbons (Fsp3) is 0.462. The highest BCUT2D eigenvalue weighted by Crippen LogP contribution is 2.27. The molecule has 3 rings (SSSR count). The van der Waals surface area contributed by atoms with E-state index in [1.165, 1.54) is 12.8 Å². The lowest BCUT2D eigenvalue weighted by Gasteiger charge is -2.16. The van der Waals surface area contributed by atoms with Crippen molar-refractivity contribution >= 4 is 15.9 Å². The summed E-state index contributed by atoms with van der Waals surface area (Å²) in [5, 5.41) is 0. The summed E-state index contributed by atoms with van der Waals surface area (Å²) in [7, 11) is 0. The van der Waals surface area contributed by atoms with Crippen LogP contribution >= 0.6 is 15.9 Å². The Balaban J connectivity index is 1.94. The average Bonchev–Trinajstić information content (AvgIpc) is 2.77. The van der Waals surface area contributed by atoms with Gasteiger partial charge in [0.05, 0.1) is 23.7 Å². The van der Waals surface area contributed by atoms with Crippen LogP contribution in [-0.2, 0) is 0 Å². The van der Waals surface area contributed by atoms with E-state index in [4.69, 9.17) is 9.72 Å². The van der Waals surface area contributed by atoms with Crippen LogP contribution in [0.1, 0.15) is 70.0 Å². The van der Waals surface area contributed by atoms with E-state index in [1.54, 1.807) is 10.8 Å². The molecule has 0 fully saturated rings. The molecule has 6 nitrogen and oxygen atoms in total. The van der Waals surface area contributed by atoms with Crippen LogP contribution in [0, 0.1) is 19.8 Å². The molecular weight excluding hydrogens is 480 g/mol. The van der Waals surface area contributed by atoms with Crippen molar-refractivity contribution in [3.63, 3.8) is 0 Å². The molecular formula is C26H33BrN4O2. The number of ether oxygens (including phenoxy) is 1. The molecule has 1 atom stereocenters. The Morgan fingerprint density at radius 1 is 1.12 bits per heavy atom. The lowest BCUT2D eigenvalue weighted by molar-refractivity contribution is 0.276. The minimum absolute atomic E-state index is 0.161. The molecule has 0 amide bonds. The molecule has 3 aromatic rings. The quantitative estimate of drug-likeness (QED) is 0.331. The maximum Gasteiger partial charge on any atom is 0.273 e. The van der Waals surface area contributed by atoms with Gasteiger partial charge in [0, 0.05) is 30.1 Å². The van der Waals surface area contributed by atoms with Crippen LogP contribution in [0.2, 0.25) is 0 Å². The second-order valence-electron chi connectivity index (χ2n) is 8.95. The van der Waals surface area contributed by atoms with Crippen LogP contribution in [-0.4, -0.2) is 26.1 Å². The van der Waals surface area contributed by atoms with Gasteiger partial charge in [-0.1, -0.05) is 40.5 Å². The van der Waals surface area contributed by atoms with E-state index in [0.29, 0.717) is 28.4 Å². The number of nitrogens with zero attached hydrogens (tertiary/aromatic N) is 4. The van der Waals surface area contributed by atoms with Gasteiger partial charge < -0.3 is 4.74 Å². The van der Waals surface area contributed by atoms with E-state index in [0.717, 1.165) is 34.9 Å². The SMILES string of the molecule is CCCC(C)CCOc1cc(C)n(-c2ccnc(-c3nc(C(C)C)ncc3C)c2)c(=O)c1Br. The molecule has 0 saturated heterocycles. The third-order valence-electron chi connectivity index (χ3n) is 5.70. The van der Waals surface area contributed by atoms with Gasteiger partial charge in [0.25, 0.3) is 5.56 Å². The first kappa shape index (κ1) is 25.1. The van der Waals surface area contributed by atoms with Gasteiger partial charge in [-0.3, -0.25) is 14.3 Å². The summed E-state index contributed by atoms with van der Waals surface area (Å²) in [6.45, 7) is 13.0. The largest absolute Gasteiger partial charge is 0.492 e. The third kappa shape index (κ3) is 5.88. The zero-order valence-corrected chi connectivity index (χ0v) is 21.9. The molecule has 3 heterocycles. The van der Waals surface area contributed by atoms with Crippen molar-refractivity contribution in [1.29, 1.82) is 0 Å². The number of halogens is 1. The molecule has 0 N–H and O–H groups in total. The van der Waals surface area contributed by atoms with Crippen molar-refractivity contribution in [2.75, 3.05) is 6.61 Å². The summed E-state index contributed by atoms with van der Waals surface area (Å²) in [6.07, 6.45) is 6.85. The summed E-state index contributed by atoms with van der Waals surface area (Å²) in [5.41, 5.74) is 3.79. The van der Waals surface area contributed by atoms with Gasteiger partial charge in [0.2, 0.25) is 0 Å². The topological polar surface area (TPSA) is 69.9 Å². The van der Waals surface area contributed by atoms with Gasteiger partial charge in [-0.05, 0) is 59.8 Å². The van der Waals surface area contributed by atoms with Crippen LogP contribution in [0.3, 0.4) is 0 Å². The molecule has 3 aromatic heterocycles. The van der Waals surface area contributed by atoms with Crippen LogP contribution in [0.4, 0.5) is 0 Å².